The summed E-state index contributed by atoms with van der Waals surface area (Å²) in [5.74, 6) is 0.344. The summed E-state index contributed by atoms with van der Waals surface area (Å²) in [6.07, 6.45) is 0.103. The van der Waals surface area contributed by atoms with Crippen LogP contribution in [0.1, 0.15) is 35.1 Å². The van der Waals surface area contributed by atoms with Crippen molar-refractivity contribution >= 4 is 17.3 Å². The molecule has 0 aromatic heterocycles. The number of hydrogen-bond acceptors (Lipinski definition) is 2. The van der Waals surface area contributed by atoms with Crippen molar-refractivity contribution in [1.29, 1.82) is 0 Å². The van der Waals surface area contributed by atoms with Gasteiger partial charge in [0, 0.05) is 11.5 Å². The van der Waals surface area contributed by atoms with Crippen molar-refractivity contribution < 1.29 is 17.9 Å². The number of para-hydroxylation sites is 1. The van der Waals surface area contributed by atoms with Crippen LogP contribution in [0, 0.1) is 5.92 Å². The molecule has 2 aromatic carbocycles. The first-order valence-corrected chi connectivity index (χ1v) is 8.75. The van der Waals surface area contributed by atoms with Gasteiger partial charge < -0.3 is 10.1 Å². The molecule has 0 saturated heterocycles. The number of fused-ring (bicyclic) bond motifs is 3. The predicted octanol–water partition coefficient (Wildman–Crippen LogP) is 6.19. The Bertz CT molecular complexity index is 878. The van der Waals surface area contributed by atoms with E-state index in [1.807, 2.05) is 36.4 Å². The number of ether oxygens (including phenoxy) is 1. The summed E-state index contributed by atoms with van der Waals surface area (Å²) in [5.41, 5.74) is 0.914. The smallest absolute Gasteiger partial charge is 0.416 e. The molecule has 136 valence electrons. The minimum Gasteiger partial charge on any atom is -0.496 e. The Morgan fingerprint density at radius 1 is 1.15 bits per heavy atom. The third-order valence-electron chi connectivity index (χ3n) is 5.25. The van der Waals surface area contributed by atoms with Crippen molar-refractivity contribution in [3.63, 3.8) is 0 Å². The molecule has 0 fully saturated rings. The SMILES string of the molecule is COc1ccccc1[C@@H]1Nc2c(Cl)ccc(C(F)(F)F)c2[C@@H]2C=CC[C@@H]21. The minimum atomic E-state index is -4.42. The Hall–Kier alpha value is -2.14. The van der Waals surface area contributed by atoms with Gasteiger partial charge in [-0.2, -0.15) is 13.2 Å². The molecule has 0 saturated carbocycles. The standard InChI is InChI=1S/C20H17ClF3NO/c1-26-16-8-3-2-5-13(16)18-12-7-4-6-11(12)17-14(20(22,23)24)9-10-15(21)19(17)25-18/h2-6,8-12,18,25H,7H2,1H3/t11-,12+,18-/m1/s1. The number of hydrogen-bond donors (Lipinski definition) is 1. The maximum absolute atomic E-state index is 13.6. The average molecular weight is 380 g/mol. The highest BCUT2D eigenvalue weighted by Gasteiger charge is 2.45. The number of nitrogens with one attached hydrogen (secondary N) is 1. The zero-order valence-corrected chi connectivity index (χ0v) is 14.7. The average Bonchev–Trinajstić information content (AvgIpc) is 3.10. The van der Waals surface area contributed by atoms with Crippen molar-refractivity contribution in [1.82, 2.24) is 0 Å². The summed E-state index contributed by atoms with van der Waals surface area (Å²) in [7, 11) is 1.59. The number of halogens is 4. The van der Waals surface area contributed by atoms with Crippen molar-refractivity contribution in [2.45, 2.75) is 24.6 Å². The molecular formula is C20H17ClF3NO. The summed E-state index contributed by atoms with van der Waals surface area (Å²) in [4.78, 5) is 0. The van der Waals surface area contributed by atoms with Gasteiger partial charge in [-0.1, -0.05) is 42.0 Å². The zero-order chi connectivity index (χ0) is 18.5. The Labute approximate surface area is 154 Å². The fourth-order valence-corrected chi connectivity index (χ4v) is 4.37. The van der Waals surface area contributed by atoms with E-state index in [4.69, 9.17) is 16.3 Å². The van der Waals surface area contributed by atoms with Crippen LogP contribution in [0.5, 0.6) is 5.75 Å². The molecule has 2 aliphatic rings. The van der Waals surface area contributed by atoms with Crippen LogP contribution in [0.15, 0.2) is 48.6 Å². The van der Waals surface area contributed by atoms with E-state index in [9.17, 15) is 13.2 Å². The predicted molar refractivity (Wildman–Crippen MR) is 95.8 cm³/mol. The lowest BCUT2D eigenvalue weighted by molar-refractivity contribution is -0.138. The van der Waals surface area contributed by atoms with E-state index in [0.717, 1.165) is 11.6 Å². The monoisotopic (exact) mass is 379 g/mol. The van der Waals surface area contributed by atoms with Crippen LogP contribution in [-0.4, -0.2) is 7.11 Å². The molecular weight excluding hydrogens is 363 g/mol. The Kier molecular flexibility index (Phi) is 4.14. The van der Waals surface area contributed by atoms with Gasteiger partial charge in [0.2, 0.25) is 0 Å². The number of benzene rings is 2. The molecule has 6 heteroatoms. The van der Waals surface area contributed by atoms with Crippen LogP contribution in [0.25, 0.3) is 0 Å². The molecule has 3 atom stereocenters. The third kappa shape index (κ3) is 2.65. The highest BCUT2D eigenvalue weighted by Crippen LogP contribution is 2.55. The topological polar surface area (TPSA) is 21.3 Å². The lowest BCUT2D eigenvalue weighted by Crippen LogP contribution is -2.31. The van der Waals surface area contributed by atoms with E-state index >= 15 is 0 Å². The molecule has 1 N–H and O–H groups in total. The van der Waals surface area contributed by atoms with Crippen molar-refractivity contribution in [3.8, 4) is 5.75 Å². The third-order valence-corrected chi connectivity index (χ3v) is 5.56. The largest absolute Gasteiger partial charge is 0.496 e. The molecule has 0 radical (unpaired) electrons. The Balaban J connectivity index is 1.89. The maximum Gasteiger partial charge on any atom is 0.416 e. The van der Waals surface area contributed by atoms with Crippen LogP contribution in [-0.2, 0) is 6.18 Å². The summed E-state index contributed by atoms with van der Waals surface area (Å²) in [5, 5.41) is 3.59. The van der Waals surface area contributed by atoms with Crippen LogP contribution in [0.3, 0.4) is 0 Å². The van der Waals surface area contributed by atoms with Crippen LogP contribution >= 0.6 is 11.6 Å². The number of methoxy groups -OCH3 is 1. The second kappa shape index (κ2) is 6.23. The molecule has 0 unspecified atom stereocenters. The molecule has 2 aromatic rings. The maximum atomic E-state index is 13.6. The number of rotatable bonds is 2. The number of allylic oxidation sites excluding steroid dienone is 2. The molecule has 4 rings (SSSR count). The molecule has 0 amide bonds. The highest BCUT2D eigenvalue weighted by molar-refractivity contribution is 6.33. The fraction of sp³-hybridized carbons (Fsp3) is 0.300. The summed E-state index contributed by atoms with van der Waals surface area (Å²) < 4.78 is 46.2. The van der Waals surface area contributed by atoms with Gasteiger partial charge in [-0.05, 0) is 36.1 Å². The molecule has 1 aliphatic carbocycles. The highest BCUT2D eigenvalue weighted by atomic mass is 35.5. The van der Waals surface area contributed by atoms with Gasteiger partial charge in [0.1, 0.15) is 5.75 Å². The quantitative estimate of drug-likeness (QED) is 0.628. The van der Waals surface area contributed by atoms with E-state index < -0.39 is 11.7 Å². The fourth-order valence-electron chi connectivity index (χ4n) is 4.15. The second-order valence-electron chi connectivity index (χ2n) is 6.60. The second-order valence-corrected chi connectivity index (χ2v) is 7.01. The molecule has 1 heterocycles. The van der Waals surface area contributed by atoms with E-state index in [1.165, 1.54) is 6.07 Å². The summed E-state index contributed by atoms with van der Waals surface area (Å²) >= 11 is 6.30. The normalized spacial score (nSPS) is 24.0. The molecule has 0 bridgehead atoms. The molecule has 1 aliphatic heterocycles. The van der Waals surface area contributed by atoms with Gasteiger partial charge in [-0.3, -0.25) is 0 Å². The van der Waals surface area contributed by atoms with E-state index in [1.54, 1.807) is 7.11 Å². The lowest BCUT2D eigenvalue weighted by Gasteiger charge is -2.39. The van der Waals surface area contributed by atoms with Gasteiger partial charge in [0.15, 0.2) is 0 Å². The number of alkyl halides is 3. The Morgan fingerprint density at radius 2 is 1.92 bits per heavy atom. The van der Waals surface area contributed by atoms with Crippen LogP contribution < -0.4 is 10.1 Å². The van der Waals surface area contributed by atoms with Gasteiger partial charge in [0.05, 0.1) is 29.4 Å². The molecule has 2 nitrogen and oxygen atoms in total. The van der Waals surface area contributed by atoms with Gasteiger partial charge in [0.25, 0.3) is 0 Å². The first-order chi connectivity index (χ1) is 12.4. The van der Waals surface area contributed by atoms with Gasteiger partial charge in [-0.15, -0.1) is 0 Å². The summed E-state index contributed by atoms with van der Waals surface area (Å²) in [6.45, 7) is 0. The zero-order valence-electron chi connectivity index (χ0n) is 14.0. The van der Waals surface area contributed by atoms with Crippen molar-refractivity contribution in [2.24, 2.45) is 5.92 Å². The van der Waals surface area contributed by atoms with E-state index in [-0.39, 0.29) is 23.4 Å². The first kappa shape index (κ1) is 17.3. The first-order valence-electron chi connectivity index (χ1n) is 8.37. The van der Waals surface area contributed by atoms with Crippen molar-refractivity contribution in [2.75, 3.05) is 12.4 Å². The number of anilines is 1. The van der Waals surface area contributed by atoms with E-state index in [2.05, 4.69) is 5.32 Å². The van der Waals surface area contributed by atoms with Gasteiger partial charge in [-0.25, -0.2) is 0 Å². The molecule has 0 spiro atoms. The minimum absolute atomic E-state index is 0.0293. The van der Waals surface area contributed by atoms with E-state index in [0.29, 0.717) is 22.9 Å². The lowest BCUT2D eigenvalue weighted by atomic mass is 9.75. The van der Waals surface area contributed by atoms with Crippen molar-refractivity contribution in [3.05, 3.63) is 70.3 Å². The van der Waals surface area contributed by atoms with Crippen LogP contribution in [0.4, 0.5) is 18.9 Å². The van der Waals surface area contributed by atoms with Crippen LogP contribution in [0.2, 0.25) is 5.02 Å². The molecule has 26 heavy (non-hydrogen) atoms. The van der Waals surface area contributed by atoms with Gasteiger partial charge >= 0.3 is 6.18 Å². The summed E-state index contributed by atoms with van der Waals surface area (Å²) in [6, 6.07) is 9.79. The Morgan fingerprint density at radius 3 is 2.65 bits per heavy atom.